The second kappa shape index (κ2) is 4.50. The van der Waals surface area contributed by atoms with Gasteiger partial charge in [0.2, 0.25) is 0 Å². The maximum Gasteiger partial charge on any atom is 0.0863 e. The summed E-state index contributed by atoms with van der Waals surface area (Å²) in [5, 5.41) is 1.59. The van der Waals surface area contributed by atoms with Gasteiger partial charge in [0.15, 0.2) is 0 Å². The summed E-state index contributed by atoms with van der Waals surface area (Å²) in [5.41, 5.74) is 1.38. The van der Waals surface area contributed by atoms with Crippen LogP contribution in [0, 0.1) is 6.92 Å². The van der Waals surface area contributed by atoms with Gasteiger partial charge in [-0.2, -0.15) is 0 Å². The Labute approximate surface area is 113 Å². The molecule has 0 fully saturated rings. The molecule has 0 spiro atoms. The molecular weight excluding hydrogens is 288 g/mol. The summed E-state index contributed by atoms with van der Waals surface area (Å²) in [6.45, 7) is 1.81. The SMILES string of the molecule is Cc1c(Cl)c(Cl)c(Cl)c(-n2cccc2)c1Cl. The lowest BCUT2D eigenvalue weighted by atomic mass is 10.2. The second-order valence-electron chi connectivity index (χ2n) is 3.32. The number of rotatable bonds is 1. The van der Waals surface area contributed by atoms with Crippen molar-refractivity contribution in [1.82, 2.24) is 4.57 Å². The van der Waals surface area contributed by atoms with E-state index in [2.05, 4.69) is 0 Å². The predicted octanol–water partition coefficient (Wildman–Crippen LogP) is 5.40. The van der Waals surface area contributed by atoms with Crippen LogP contribution in [-0.2, 0) is 0 Å². The molecule has 0 amide bonds. The first kappa shape index (κ1) is 12.1. The van der Waals surface area contributed by atoms with Crippen LogP contribution in [-0.4, -0.2) is 4.57 Å². The third kappa shape index (κ3) is 1.82. The Kier molecular flexibility index (Phi) is 3.41. The van der Waals surface area contributed by atoms with Gasteiger partial charge < -0.3 is 4.57 Å². The molecule has 0 aliphatic heterocycles. The van der Waals surface area contributed by atoms with Crippen LogP contribution < -0.4 is 0 Å². The number of halogens is 4. The van der Waals surface area contributed by atoms with Crippen LogP contribution in [0.15, 0.2) is 24.5 Å². The molecule has 0 unspecified atom stereocenters. The molecule has 84 valence electrons. The van der Waals surface area contributed by atoms with Gasteiger partial charge in [-0.25, -0.2) is 0 Å². The fraction of sp³-hybridized carbons (Fsp3) is 0.0909. The molecule has 0 saturated carbocycles. The molecule has 0 radical (unpaired) electrons. The summed E-state index contributed by atoms with van der Waals surface area (Å²) in [7, 11) is 0. The molecule has 2 rings (SSSR count). The highest BCUT2D eigenvalue weighted by molar-refractivity contribution is 6.51. The molecule has 0 N–H and O–H groups in total. The topological polar surface area (TPSA) is 4.93 Å². The van der Waals surface area contributed by atoms with Crippen LogP contribution in [0.3, 0.4) is 0 Å². The predicted molar refractivity (Wildman–Crippen MR) is 70.5 cm³/mol. The highest BCUT2D eigenvalue weighted by atomic mass is 35.5. The van der Waals surface area contributed by atoms with Gasteiger partial charge in [-0.3, -0.25) is 0 Å². The Morgan fingerprint density at radius 2 is 1.38 bits per heavy atom. The summed E-state index contributed by atoms with van der Waals surface area (Å²) in [4.78, 5) is 0. The Bertz CT molecular complexity index is 502. The monoisotopic (exact) mass is 293 g/mol. The lowest BCUT2D eigenvalue weighted by molar-refractivity contribution is 1.08. The molecule has 5 heteroatoms. The highest BCUT2D eigenvalue weighted by Gasteiger charge is 2.18. The summed E-state index contributed by atoms with van der Waals surface area (Å²) >= 11 is 24.4. The van der Waals surface area contributed by atoms with Crippen molar-refractivity contribution in [3.05, 3.63) is 50.2 Å². The summed E-state index contributed by atoms with van der Waals surface area (Å²) < 4.78 is 1.81. The van der Waals surface area contributed by atoms with E-state index < -0.39 is 0 Å². The van der Waals surface area contributed by atoms with E-state index in [4.69, 9.17) is 46.4 Å². The Balaban J connectivity index is 2.81. The van der Waals surface area contributed by atoms with Crippen LogP contribution in [0.1, 0.15) is 5.56 Å². The minimum atomic E-state index is 0.328. The van der Waals surface area contributed by atoms with Crippen molar-refractivity contribution in [2.24, 2.45) is 0 Å². The molecule has 0 atom stereocenters. The van der Waals surface area contributed by atoms with E-state index in [-0.39, 0.29) is 0 Å². The fourth-order valence-electron chi connectivity index (χ4n) is 1.45. The Morgan fingerprint density at radius 3 is 1.94 bits per heavy atom. The Hall–Kier alpha value is -0.340. The van der Waals surface area contributed by atoms with Crippen LogP contribution >= 0.6 is 46.4 Å². The normalized spacial score (nSPS) is 10.8. The molecule has 0 aliphatic carbocycles. The average molecular weight is 295 g/mol. The van der Waals surface area contributed by atoms with E-state index in [1.165, 1.54) is 0 Å². The van der Waals surface area contributed by atoms with E-state index in [9.17, 15) is 0 Å². The average Bonchev–Trinajstić information content (AvgIpc) is 2.77. The summed E-state index contributed by atoms with van der Waals surface area (Å²) in [5.74, 6) is 0. The first-order valence-corrected chi connectivity index (χ1v) is 6.01. The lowest BCUT2D eigenvalue weighted by Gasteiger charge is -2.14. The first-order chi connectivity index (χ1) is 7.54. The summed E-state index contributed by atoms with van der Waals surface area (Å²) in [6, 6.07) is 3.76. The molecule has 0 bridgehead atoms. The third-order valence-electron chi connectivity index (χ3n) is 2.32. The number of aromatic nitrogens is 1. The zero-order valence-corrected chi connectivity index (χ0v) is 11.3. The van der Waals surface area contributed by atoms with Gasteiger partial charge in [0, 0.05) is 12.4 Å². The first-order valence-electron chi connectivity index (χ1n) is 4.50. The molecule has 2 aromatic rings. The van der Waals surface area contributed by atoms with E-state index in [1.54, 1.807) is 11.5 Å². The van der Waals surface area contributed by atoms with Gasteiger partial charge in [0.1, 0.15) is 0 Å². The molecule has 1 aromatic heterocycles. The lowest BCUT2D eigenvalue weighted by Crippen LogP contribution is -1.96. The molecular formula is C11H7Cl4N. The van der Waals surface area contributed by atoms with E-state index >= 15 is 0 Å². The standard InChI is InChI=1S/C11H7Cl4N/c1-6-7(12)9(14)10(15)11(8(6)13)16-4-2-3-5-16/h2-5H,1H3. The van der Waals surface area contributed by atoms with Gasteiger partial charge in [0.05, 0.1) is 25.8 Å². The molecule has 0 aliphatic rings. The van der Waals surface area contributed by atoms with Crippen molar-refractivity contribution in [3.63, 3.8) is 0 Å². The van der Waals surface area contributed by atoms with Crippen LogP contribution in [0.5, 0.6) is 0 Å². The van der Waals surface area contributed by atoms with Crippen molar-refractivity contribution < 1.29 is 0 Å². The van der Waals surface area contributed by atoms with Crippen molar-refractivity contribution in [2.75, 3.05) is 0 Å². The largest absolute Gasteiger partial charge is 0.321 e. The quantitative estimate of drug-likeness (QED) is 0.490. The number of hydrogen-bond acceptors (Lipinski definition) is 0. The van der Waals surface area contributed by atoms with Gasteiger partial charge >= 0.3 is 0 Å². The molecule has 1 aromatic carbocycles. The van der Waals surface area contributed by atoms with Crippen molar-refractivity contribution in [3.8, 4) is 5.69 Å². The van der Waals surface area contributed by atoms with Gasteiger partial charge in [-0.05, 0) is 24.6 Å². The third-order valence-corrected chi connectivity index (χ3v) is 4.20. The maximum atomic E-state index is 6.22. The molecule has 1 heterocycles. The summed E-state index contributed by atoms with van der Waals surface area (Å²) in [6.07, 6.45) is 3.69. The highest BCUT2D eigenvalue weighted by Crippen LogP contribution is 2.42. The van der Waals surface area contributed by atoms with Gasteiger partial charge in [0.25, 0.3) is 0 Å². The zero-order valence-electron chi connectivity index (χ0n) is 8.27. The fourth-order valence-corrected chi connectivity index (χ4v) is 2.58. The zero-order chi connectivity index (χ0) is 11.9. The number of hydrogen-bond donors (Lipinski definition) is 0. The van der Waals surface area contributed by atoms with Crippen molar-refractivity contribution >= 4 is 46.4 Å². The molecule has 0 saturated heterocycles. The van der Waals surface area contributed by atoms with Crippen molar-refractivity contribution in [2.45, 2.75) is 6.92 Å². The smallest absolute Gasteiger partial charge is 0.0863 e. The second-order valence-corrected chi connectivity index (χ2v) is 4.83. The minimum absolute atomic E-state index is 0.328. The van der Waals surface area contributed by atoms with Crippen LogP contribution in [0.25, 0.3) is 5.69 Å². The molecule has 1 nitrogen and oxygen atoms in total. The van der Waals surface area contributed by atoms with Crippen LogP contribution in [0.2, 0.25) is 20.1 Å². The molecule has 16 heavy (non-hydrogen) atoms. The van der Waals surface area contributed by atoms with Gasteiger partial charge in [-0.1, -0.05) is 46.4 Å². The maximum absolute atomic E-state index is 6.22. The van der Waals surface area contributed by atoms with Crippen LogP contribution in [0.4, 0.5) is 0 Å². The van der Waals surface area contributed by atoms with E-state index in [1.807, 2.05) is 24.5 Å². The van der Waals surface area contributed by atoms with E-state index in [0.717, 1.165) is 5.56 Å². The number of nitrogens with zero attached hydrogens (tertiary/aromatic N) is 1. The minimum Gasteiger partial charge on any atom is -0.321 e. The van der Waals surface area contributed by atoms with E-state index in [0.29, 0.717) is 25.8 Å². The van der Waals surface area contributed by atoms with Gasteiger partial charge in [-0.15, -0.1) is 0 Å². The Morgan fingerprint density at radius 1 is 0.812 bits per heavy atom. The number of benzene rings is 1. The van der Waals surface area contributed by atoms with Crippen molar-refractivity contribution in [1.29, 1.82) is 0 Å².